The van der Waals surface area contributed by atoms with Gasteiger partial charge in [-0.25, -0.2) is 4.79 Å². The van der Waals surface area contributed by atoms with Crippen molar-refractivity contribution in [3.8, 4) is 0 Å². The highest BCUT2D eigenvalue weighted by Gasteiger charge is 2.35. The van der Waals surface area contributed by atoms with Crippen LogP contribution >= 0.6 is 0 Å². The Hall–Kier alpha value is -1.96. The number of aliphatic hydroxyl groups excluding tert-OH is 3. The summed E-state index contributed by atoms with van der Waals surface area (Å²) in [6.45, 7) is 1.11. The third-order valence-corrected chi connectivity index (χ3v) is 1.84. The number of hydrogen-bond acceptors (Lipinski definition) is 7. The Morgan fingerprint density at radius 2 is 1.46 bits per heavy atom. The van der Waals surface area contributed by atoms with Crippen molar-refractivity contribution in [3.05, 3.63) is 0 Å². The first-order valence-corrected chi connectivity index (χ1v) is 6.05. The highest BCUT2D eigenvalue weighted by Crippen LogP contribution is 2.11. The molecule has 0 saturated heterocycles. The number of primary amides is 1. The number of carboxylic acid groups (broad SMARTS) is 2. The monoisotopic (exact) mass is 366 g/mol. The van der Waals surface area contributed by atoms with Gasteiger partial charge in [0.25, 0.3) is 0 Å². The van der Waals surface area contributed by atoms with E-state index in [0.29, 0.717) is 0 Å². The summed E-state index contributed by atoms with van der Waals surface area (Å²) < 4.78 is 33.0. The van der Waals surface area contributed by atoms with Crippen LogP contribution in [0, 0.1) is 0 Å². The number of carboxylic acids is 2. The number of halogens is 3. The second-order valence-electron chi connectivity index (χ2n) is 5.15. The Kier molecular flexibility index (Phi) is 13.0. The first-order valence-electron chi connectivity index (χ1n) is 6.05. The van der Waals surface area contributed by atoms with E-state index in [0.717, 1.165) is 11.0 Å². The van der Waals surface area contributed by atoms with E-state index in [9.17, 15) is 27.9 Å². The lowest BCUT2D eigenvalue weighted by Crippen LogP contribution is -2.46. The maximum Gasteiger partial charge on any atom is 0.470 e. The van der Waals surface area contributed by atoms with Gasteiger partial charge in [-0.15, -0.1) is 0 Å². The Labute approximate surface area is 135 Å². The molecule has 0 radical (unpaired) electrons. The molecule has 0 fully saturated rings. The van der Waals surface area contributed by atoms with Crippen molar-refractivity contribution >= 4 is 17.8 Å². The van der Waals surface area contributed by atoms with Crippen molar-refractivity contribution in [3.63, 3.8) is 0 Å². The summed E-state index contributed by atoms with van der Waals surface area (Å²) in [6, 6.07) is 0. The molecule has 0 aliphatic carbocycles. The molecular formula is C11H21F3N2O8. The van der Waals surface area contributed by atoms with Gasteiger partial charge in [-0.1, -0.05) is 0 Å². The number of rotatable bonds is 5. The second kappa shape index (κ2) is 11.6. The standard InChI is InChI=1S/C5H14NO.C4H6O6.C2H2F3NO/c1-6(2,3)4-5-7;5-1(3(7)8)2(6)4(9)10;3-2(4,5)1(6)7/h7H,4-5H2,1-3H3;1-2,5-6H,(H,7,8)(H,9,10);(H2,6,7)/q+1;;/p-1. The molecule has 0 bridgehead atoms. The fourth-order valence-electron chi connectivity index (χ4n) is 0.564. The predicted octanol–water partition coefficient (Wildman–Crippen LogP) is -3.74. The van der Waals surface area contributed by atoms with Gasteiger partial charge in [0.1, 0.15) is 12.6 Å². The predicted molar refractivity (Wildman–Crippen MR) is 69.9 cm³/mol. The van der Waals surface area contributed by atoms with Crippen LogP contribution in [0.2, 0.25) is 0 Å². The topological polar surface area (TPSA) is 181 Å². The van der Waals surface area contributed by atoms with Crippen LogP contribution in [0.1, 0.15) is 0 Å². The Balaban J connectivity index is -0.000000283. The Bertz CT molecular complexity index is 391. The molecule has 0 rings (SSSR count). The Morgan fingerprint density at radius 3 is 1.50 bits per heavy atom. The molecule has 0 aromatic carbocycles. The zero-order valence-electron chi connectivity index (χ0n) is 13.1. The van der Waals surface area contributed by atoms with Crippen LogP contribution in [0.5, 0.6) is 0 Å². The summed E-state index contributed by atoms with van der Waals surface area (Å²) in [6.07, 6.45) is -9.57. The summed E-state index contributed by atoms with van der Waals surface area (Å²) in [5.74, 6) is -6.08. The third-order valence-electron chi connectivity index (χ3n) is 1.84. The number of carbonyl (C=O) groups excluding carboxylic acids is 2. The van der Waals surface area contributed by atoms with E-state index in [1.54, 1.807) is 0 Å². The molecule has 24 heavy (non-hydrogen) atoms. The average Bonchev–Trinajstić information content (AvgIpc) is 2.35. The Morgan fingerprint density at radius 1 is 1.12 bits per heavy atom. The zero-order chi connectivity index (χ0) is 20.3. The van der Waals surface area contributed by atoms with Crippen molar-refractivity contribution < 1.29 is 57.6 Å². The summed E-state index contributed by atoms with van der Waals surface area (Å²) in [5.41, 5.74) is 3.81. The third kappa shape index (κ3) is 18.1. The number of nitrogens with two attached hydrogens (primary N) is 1. The van der Waals surface area contributed by atoms with E-state index in [2.05, 4.69) is 26.9 Å². The van der Waals surface area contributed by atoms with Crippen LogP contribution in [-0.2, 0) is 14.4 Å². The number of likely N-dealkylation sites (N-methyl/N-ethyl adjacent to an activating group) is 1. The van der Waals surface area contributed by atoms with Gasteiger partial charge >= 0.3 is 18.1 Å². The molecule has 0 aliphatic rings. The van der Waals surface area contributed by atoms with Gasteiger partial charge in [0.15, 0.2) is 6.10 Å². The van der Waals surface area contributed by atoms with E-state index in [4.69, 9.17) is 25.2 Å². The van der Waals surface area contributed by atoms with Crippen molar-refractivity contribution in [2.75, 3.05) is 34.3 Å². The van der Waals surface area contributed by atoms with Crippen LogP contribution in [0.3, 0.4) is 0 Å². The first kappa shape index (κ1) is 26.9. The molecule has 0 aliphatic heterocycles. The normalized spacial score (nSPS) is 13.4. The van der Waals surface area contributed by atoms with E-state index in [1.165, 1.54) is 0 Å². The van der Waals surface area contributed by atoms with Crippen LogP contribution in [0.4, 0.5) is 13.2 Å². The molecular weight excluding hydrogens is 345 g/mol. The maximum absolute atomic E-state index is 10.7. The van der Waals surface area contributed by atoms with Crippen LogP contribution in [0.25, 0.3) is 0 Å². The number of aliphatic hydroxyl groups is 3. The fourth-order valence-corrected chi connectivity index (χ4v) is 0.564. The average molecular weight is 366 g/mol. The molecule has 13 heteroatoms. The zero-order valence-corrected chi connectivity index (χ0v) is 13.1. The number of amides is 1. The van der Waals surface area contributed by atoms with Gasteiger partial charge in [-0.3, -0.25) is 4.79 Å². The minimum absolute atomic E-state index is 0.281. The quantitative estimate of drug-likeness (QED) is 0.308. The van der Waals surface area contributed by atoms with E-state index < -0.39 is 36.2 Å². The van der Waals surface area contributed by atoms with Crippen LogP contribution < -0.4 is 10.8 Å². The number of alkyl halides is 3. The molecule has 0 saturated carbocycles. The van der Waals surface area contributed by atoms with Crippen molar-refractivity contribution in [2.45, 2.75) is 18.4 Å². The molecule has 0 heterocycles. The first-order chi connectivity index (χ1) is 10.5. The van der Waals surface area contributed by atoms with E-state index in [1.807, 2.05) is 0 Å². The van der Waals surface area contributed by atoms with Crippen molar-refractivity contribution in [1.82, 2.24) is 0 Å². The van der Waals surface area contributed by atoms with Gasteiger partial charge in [0, 0.05) is 0 Å². The van der Waals surface area contributed by atoms with E-state index in [-0.39, 0.29) is 6.61 Å². The van der Waals surface area contributed by atoms with Crippen LogP contribution in [-0.4, -0.2) is 95.4 Å². The fraction of sp³-hybridized carbons (Fsp3) is 0.727. The number of carbonyl (C=O) groups is 3. The van der Waals surface area contributed by atoms with E-state index >= 15 is 0 Å². The molecule has 0 aromatic rings. The van der Waals surface area contributed by atoms with Gasteiger partial charge in [0.2, 0.25) is 0 Å². The smallest absolute Gasteiger partial charge is 0.470 e. The molecule has 6 N–H and O–H groups in total. The maximum atomic E-state index is 10.7. The minimum atomic E-state index is -4.86. The van der Waals surface area contributed by atoms with Gasteiger partial charge in [0.05, 0.1) is 33.7 Å². The number of quaternary nitrogens is 1. The summed E-state index contributed by atoms with van der Waals surface area (Å²) in [4.78, 5) is 28.5. The molecule has 2 unspecified atom stereocenters. The highest BCUT2D eigenvalue weighted by molar-refractivity contribution is 5.82. The lowest BCUT2D eigenvalue weighted by molar-refractivity contribution is -0.870. The number of hydrogen-bond donors (Lipinski definition) is 5. The molecule has 2 atom stereocenters. The number of nitrogens with zero attached hydrogens (tertiary/aromatic N) is 1. The van der Waals surface area contributed by atoms with Crippen molar-refractivity contribution in [1.29, 1.82) is 0 Å². The summed E-state index contributed by atoms with van der Waals surface area (Å²) in [7, 11) is 6.16. The van der Waals surface area contributed by atoms with Gasteiger partial charge < -0.3 is 40.5 Å². The molecule has 10 nitrogen and oxygen atoms in total. The second-order valence-corrected chi connectivity index (χ2v) is 5.15. The lowest BCUT2D eigenvalue weighted by Gasteiger charge is -2.21. The van der Waals surface area contributed by atoms with Gasteiger partial charge in [-0.05, 0) is 0 Å². The van der Waals surface area contributed by atoms with Gasteiger partial charge in [-0.2, -0.15) is 13.2 Å². The molecule has 1 amide bonds. The summed E-state index contributed by atoms with van der Waals surface area (Å²) in [5, 5.41) is 42.5. The molecule has 144 valence electrons. The lowest BCUT2D eigenvalue weighted by atomic mass is 10.2. The SMILES string of the molecule is C[N+](C)(C)CCO.NC(=O)C(F)(F)F.O=C([O-])C(O)C(O)C(=O)O. The minimum Gasteiger partial charge on any atom is -0.547 e. The largest absolute Gasteiger partial charge is 0.547 e. The highest BCUT2D eigenvalue weighted by atomic mass is 19.4. The van der Waals surface area contributed by atoms with Crippen LogP contribution in [0.15, 0.2) is 0 Å². The number of aliphatic carboxylic acids is 2. The molecule has 0 spiro atoms. The summed E-state index contributed by atoms with van der Waals surface area (Å²) >= 11 is 0. The molecule has 0 aromatic heterocycles. The van der Waals surface area contributed by atoms with Crippen molar-refractivity contribution in [2.24, 2.45) is 5.73 Å².